The number of H-pyrrole nitrogens is 2. The first-order valence-electron chi connectivity index (χ1n) is 13.5. The van der Waals surface area contributed by atoms with Crippen LogP contribution in [0.2, 0.25) is 0 Å². The molecule has 4 N–H and O–H groups in total. The summed E-state index contributed by atoms with van der Waals surface area (Å²) >= 11 is 0. The van der Waals surface area contributed by atoms with Crippen LogP contribution in [0.25, 0.3) is 55.4 Å². The lowest BCUT2D eigenvalue weighted by Gasteiger charge is -2.09. The first-order chi connectivity index (χ1) is 20.5. The summed E-state index contributed by atoms with van der Waals surface area (Å²) in [4.78, 5) is 24.2. The first kappa shape index (κ1) is 28.2. The molecule has 6 rings (SSSR count). The molecule has 0 spiro atoms. The lowest BCUT2D eigenvalue weighted by atomic mass is 10.0. The summed E-state index contributed by atoms with van der Waals surface area (Å²) in [6.07, 6.45) is 7.76. The smallest absolute Gasteiger partial charge is 0.226 e. The fourth-order valence-corrected chi connectivity index (χ4v) is 5.31. The topological polar surface area (TPSA) is 146 Å². The van der Waals surface area contributed by atoms with Gasteiger partial charge in [-0.05, 0) is 59.2 Å². The van der Waals surface area contributed by atoms with Crippen LogP contribution in [0.5, 0.6) is 0 Å². The van der Waals surface area contributed by atoms with E-state index in [9.17, 15) is 17.6 Å². The average Bonchev–Trinajstić information content (AvgIpc) is 3.59. The molecule has 1 amide bonds. The third-order valence-electron chi connectivity index (χ3n) is 7.03. The van der Waals surface area contributed by atoms with Gasteiger partial charge in [-0.3, -0.25) is 19.9 Å². The number of sulfonamides is 1. The summed E-state index contributed by atoms with van der Waals surface area (Å²) in [6.45, 7) is 3.63. The number of fused-ring (bicyclic) bond motifs is 2. The monoisotopic (exact) mass is 597 g/mol. The molecular weight excluding hydrogens is 569 g/mol. The fraction of sp³-hybridized carbons (Fsp3) is 0.161. The summed E-state index contributed by atoms with van der Waals surface area (Å²) in [7, 11) is -3.44. The molecule has 10 nitrogen and oxygen atoms in total. The maximum absolute atomic E-state index is 14.6. The highest BCUT2D eigenvalue weighted by molar-refractivity contribution is 7.88. The zero-order valence-electron chi connectivity index (χ0n) is 23.6. The van der Waals surface area contributed by atoms with E-state index in [1.165, 1.54) is 12.1 Å². The number of hydrogen-bond donors (Lipinski definition) is 4. The van der Waals surface area contributed by atoms with Crippen LogP contribution < -0.4 is 10.0 Å². The van der Waals surface area contributed by atoms with E-state index in [2.05, 4.69) is 35.2 Å². The van der Waals surface area contributed by atoms with Crippen molar-refractivity contribution < 1.29 is 17.6 Å². The van der Waals surface area contributed by atoms with Gasteiger partial charge in [-0.1, -0.05) is 19.9 Å². The predicted octanol–water partition coefficient (Wildman–Crippen LogP) is 5.62. The van der Waals surface area contributed by atoms with Gasteiger partial charge in [0.05, 0.1) is 41.1 Å². The van der Waals surface area contributed by atoms with Crippen molar-refractivity contribution in [2.45, 2.75) is 20.4 Å². The SMILES string of the molecule is CC(C)C(=O)Nc1cncc(-c2ccc3[nH]nc(-c4cc5c(-c6cc(F)cc(CNS(C)(=O)=O)c6)cncc5[nH]4)c3c2)c1. The molecule has 218 valence electrons. The van der Waals surface area contributed by atoms with Crippen molar-refractivity contribution >= 4 is 43.4 Å². The largest absolute Gasteiger partial charge is 0.352 e. The third-order valence-corrected chi connectivity index (χ3v) is 7.70. The molecule has 0 saturated heterocycles. The average molecular weight is 598 g/mol. The maximum atomic E-state index is 14.6. The number of nitrogens with one attached hydrogen (secondary N) is 4. The molecule has 4 aromatic heterocycles. The Labute approximate surface area is 246 Å². The predicted molar refractivity (Wildman–Crippen MR) is 165 cm³/mol. The lowest BCUT2D eigenvalue weighted by Crippen LogP contribution is -2.21. The first-order valence-corrected chi connectivity index (χ1v) is 15.4. The highest BCUT2D eigenvalue weighted by Crippen LogP contribution is 2.35. The van der Waals surface area contributed by atoms with Crippen molar-refractivity contribution in [3.8, 4) is 33.6 Å². The number of rotatable bonds is 8. The number of carbonyl (C=O) groups excluding carboxylic acids is 1. The summed E-state index contributed by atoms with van der Waals surface area (Å²) in [5.41, 5.74) is 7.09. The number of carbonyl (C=O) groups is 1. The number of amides is 1. The standard InChI is InChI=1S/C31H28FN7O3S/c1-17(2)31(40)36-23-9-21(13-33-14-23)19-4-5-27-25(10-19)30(39-38-27)28-11-24-26(15-34-16-29(24)37-28)20-6-18(7-22(32)8-20)12-35-43(3,41)42/h4-11,13-17,35,37H,12H2,1-3H3,(H,36,40)(H,38,39). The van der Waals surface area contributed by atoms with E-state index in [4.69, 9.17) is 0 Å². The number of aromatic amines is 2. The fourth-order valence-electron chi connectivity index (χ4n) is 4.88. The minimum atomic E-state index is -3.44. The Hall–Kier alpha value is -4.94. The summed E-state index contributed by atoms with van der Waals surface area (Å²) < 4.78 is 40.1. The molecule has 0 radical (unpaired) electrons. The van der Waals surface area contributed by atoms with Crippen molar-refractivity contribution in [2.75, 3.05) is 11.6 Å². The third kappa shape index (κ3) is 6.01. The van der Waals surface area contributed by atoms with Crippen LogP contribution in [0, 0.1) is 11.7 Å². The van der Waals surface area contributed by atoms with Gasteiger partial charge in [-0.15, -0.1) is 0 Å². The minimum Gasteiger partial charge on any atom is -0.352 e. The number of halogens is 1. The van der Waals surface area contributed by atoms with Crippen molar-refractivity contribution in [1.82, 2.24) is 29.9 Å². The van der Waals surface area contributed by atoms with Crippen LogP contribution in [0.15, 0.2) is 73.3 Å². The zero-order valence-corrected chi connectivity index (χ0v) is 24.4. The summed E-state index contributed by atoms with van der Waals surface area (Å²) in [5, 5.41) is 12.2. The van der Waals surface area contributed by atoms with Gasteiger partial charge in [0, 0.05) is 46.8 Å². The van der Waals surface area contributed by atoms with Crippen LogP contribution in [0.4, 0.5) is 10.1 Å². The molecule has 0 bridgehead atoms. The Morgan fingerprint density at radius 3 is 2.51 bits per heavy atom. The molecule has 0 fully saturated rings. The van der Waals surface area contributed by atoms with Gasteiger partial charge < -0.3 is 10.3 Å². The lowest BCUT2D eigenvalue weighted by molar-refractivity contribution is -0.118. The van der Waals surface area contributed by atoms with E-state index in [0.717, 1.165) is 44.9 Å². The number of aromatic nitrogens is 5. The molecule has 43 heavy (non-hydrogen) atoms. The van der Waals surface area contributed by atoms with E-state index in [-0.39, 0.29) is 18.4 Å². The van der Waals surface area contributed by atoms with E-state index >= 15 is 0 Å². The Morgan fingerprint density at radius 1 is 0.907 bits per heavy atom. The number of benzene rings is 2. The molecule has 2 aromatic carbocycles. The highest BCUT2D eigenvalue weighted by Gasteiger charge is 2.16. The molecule has 0 atom stereocenters. The molecule has 0 aliphatic heterocycles. The number of hydrogen-bond acceptors (Lipinski definition) is 6. The Morgan fingerprint density at radius 2 is 1.72 bits per heavy atom. The van der Waals surface area contributed by atoms with E-state index in [1.807, 2.05) is 44.2 Å². The zero-order chi connectivity index (χ0) is 30.3. The Balaban J connectivity index is 1.38. The second-order valence-electron chi connectivity index (χ2n) is 10.7. The van der Waals surface area contributed by atoms with Crippen LogP contribution in [0.3, 0.4) is 0 Å². The van der Waals surface area contributed by atoms with Gasteiger partial charge >= 0.3 is 0 Å². The van der Waals surface area contributed by atoms with Crippen LogP contribution >= 0.6 is 0 Å². The molecular formula is C31H28FN7O3S. The molecule has 0 saturated carbocycles. The van der Waals surface area contributed by atoms with Crippen molar-refractivity contribution in [3.05, 3.63) is 84.7 Å². The van der Waals surface area contributed by atoms with Gasteiger partial charge in [-0.2, -0.15) is 5.10 Å². The molecule has 0 aliphatic carbocycles. The van der Waals surface area contributed by atoms with Gasteiger partial charge in [-0.25, -0.2) is 17.5 Å². The van der Waals surface area contributed by atoms with Crippen molar-refractivity contribution in [3.63, 3.8) is 0 Å². The van der Waals surface area contributed by atoms with Gasteiger partial charge in [0.2, 0.25) is 15.9 Å². The van der Waals surface area contributed by atoms with E-state index < -0.39 is 15.8 Å². The van der Waals surface area contributed by atoms with E-state index in [1.54, 1.807) is 30.9 Å². The molecule has 0 unspecified atom stereocenters. The minimum absolute atomic E-state index is 0.0322. The van der Waals surface area contributed by atoms with Crippen LogP contribution in [-0.2, 0) is 21.4 Å². The highest BCUT2D eigenvalue weighted by atomic mass is 32.2. The second kappa shape index (κ2) is 11.0. The number of anilines is 1. The maximum Gasteiger partial charge on any atom is 0.226 e. The van der Waals surface area contributed by atoms with Gasteiger partial charge in [0.1, 0.15) is 11.5 Å². The van der Waals surface area contributed by atoms with Crippen molar-refractivity contribution in [2.24, 2.45) is 5.92 Å². The second-order valence-corrected chi connectivity index (χ2v) is 12.5. The quantitative estimate of drug-likeness (QED) is 0.179. The summed E-state index contributed by atoms with van der Waals surface area (Å²) in [5.74, 6) is -0.719. The van der Waals surface area contributed by atoms with Crippen molar-refractivity contribution in [1.29, 1.82) is 0 Å². The Bertz CT molecular complexity index is 2120. The Kier molecular flexibility index (Phi) is 7.24. The van der Waals surface area contributed by atoms with E-state index in [0.29, 0.717) is 28.1 Å². The summed E-state index contributed by atoms with van der Waals surface area (Å²) in [6, 6.07) is 14.2. The molecule has 12 heteroatoms. The van der Waals surface area contributed by atoms with Gasteiger partial charge in [0.15, 0.2) is 0 Å². The van der Waals surface area contributed by atoms with Crippen LogP contribution in [0.1, 0.15) is 19.4 Å². The number of pyridine rings is 2. The normalized spacial score (nSPS) is 11.9. The molecule has 4 heterocycles. The number of nitrogens with zero attached hydrogens (tertiary/aromatic N) is 3. The van der Waals surface area contributed by atoms with Gasteiger partial charge in [0.25, 0.3) is 0 Å². The molecule has 6 aromatic rings. The molecule has 0 aliphatic rings. The van der Waals surface area contributed by atoms with Crippen LogP contribution in [-0.4, -0.2) is 45.7 Å².